The molecule has 0 radical (unpaired) electrons. The number of unbranched alkanes of at least 4 members (excludes halogenated alkanes) is 1. The zero-order chi connectivity index (χ0) is 17.6. The Morgan fingerprint density at radius 3 is 2.64 bits per heavy atom. The monoisotopic (exact) mass is 342 g/mol. The van der Waals surface area contributed by atoms with Gasteiger partial charge >= 0.3 is 6.03 Å². The zero-order valence-electron chi connectivity index (χ0n) is 14.7. The number of carbonyl (C=O) groups is 1. The number of hydrogen-bond acceptors (Lipinski definition) is 4. The third-order valence-electron chi connectivity index (χ3n) is 4.77. The van der Waals surface area contributed by atoms with E-state index in [1.807, 2.05) is 17.0 Å². The van der Waals surface area contributed by atoms with Crippen molar-refractivity contribution in [3.63, 3.8) is 0 Å². The van der Waals surface area contributed by atoms with E-state index in [2.05, 4.69) is 29.5 Å². The standard InChI is InChI=1S/C19H26N4O2/c1-2-3-4-14-5-7-16(8-6-14)21-19(24)23-11-9-15(10-12-23)17-13-18(20)25-22-17/h5-8,13,15H,2-4,9-12,20H2,1H3,(H,21,24). The van der Waals surface area contributed by atoms with Crippen LogP contribution >= 0.6 is 0 Å². The maximum atomic E-state index is 12.4. The normalized spacial score (nSPS) is 15.3. The number of amides is 2. The van der Waals surface area contributed by atoms with Crippen molar-refractivity contribution in [2.45, 2.75) is 44.9 Å². The summed E-state index contributed by atoms with van der Waals surface area (Å²) in [6, 6.07) is 9.88. The fourth-order valence-electron chi connectivity index (χ4n) is 3.21. The first-order valence-corrected chi connectivity index (χ1v) is 9.02. The third kappa shape index (κ3) is 4.53. The number of aryl methyl sites for hydroxylation is 1. The van der Waals surface area contributed by atoms with E-state index >= 15 is 0 Å². The van der Waals surface area contributed by atoms with E-state index in [1.165, 1.54) is 18.4 Å². The number of anilines is 2. The van der Waals surface area contributed by atoms with Crippen LogP contribution in [0.5, 0.6) is 0 Å². The summed E-state index contributed by atoms with van der Waals surface area (Å²) in [5.41, 5.74) is 8.63. The average Bonchev–Trinajstić information content (AvgIpc) is 3.07. The summed E-state index contributed by atoms with van der Waals surface area (Å²) < 4.78 is 4.94. The van der Waals surface area contributed by atoms with E-state index in [1.54, 1.807) is 6.07 Å². The Hall–Kier alpha value is -2.50. The van der Waals surface area contributed by atoms with Crippen LogP contribution in [-0.4, -0.2) is 29.2 Å². The summed E-state index contributed by atoms with van der Waals surface area (Å²) in [4.78, 5) is 14.3. The number of benzene rings is 1. The Morgan fingerprint density at radius 1 is 1.32 bits per heavy atom. The van der Waals surface area contributed by atoms with E-state index in [0.29, 0.717) is 24.9 Å². The molecular formula is C19H26N4O2. The molecular weight excluding hydrogens is 316 g/mol. The van der Waals surface area contributed by atoms with E-state index in [4.69, 9.17) is 10.3 Å². The minimum Gasteiger partial charge on any atom is -0.368 e. The Labute approximate surface area is 148 Å². The molecule has 1 aliphatic heterocycles. The van der Waals surface area contributed by atoms with Gasteiger partial charge in [-0.3, -0.25) is 0 Å². The molecule has 0 saturated carbocycles. The van der Waals surface area contributed by atoms with Gasteiger partial charge in [0.05, 0.1) is 5.69 Å². The van der Waals surface area contributed by atoms with E-state index in [-0.39, 0.29) is 6.03 Å². The van der Waals surface area contributed by atoms with E-state index in [9.17, 15) is 4.79 Å². The van der Waals surface area contributed by atoms with Crippen LogP contribution in [0.15, 0.2) is 34.9 Å². The molecule has 0 aliphatic carbocycles. The topological polar surface area (TPSA) is 84.4 Å². The molecule has 2 heterocycles. The fourth-order valence-corrected chi connectivity index (χ4v) is 3.21. The molecule has 0 unspecified atom stereocenters. The van der Waals surface area contributed by atoms with Gasteiger partial charge in [0.25, 0.3) is 0 Å². The molecule has 0 spiro atoms. The van der Waals surface area contributed by atoms with Gasteiger partial charge in [0, 0.05) is 30.8 Å². The number of likely N-dealkylation sites (tertiary alicyclic amines) is 1. The maximum absolute atomic E-state index is 12.4. The van der Waals surface area contributed by atoms with Crippen molar-refractivity contribution in [3.05, 3.63) is 41.6 Å². The molecule has 0 atom stereocenters. The maximum Gasteiger partial charge on any atom is 0.321 e. The number of hydrogen-bond donors (Lipinski definition) is 2. The molecule has 6 nitrogen and oxygen atoms in total. The van der Waals surface area contributed by atoms with Crippen molar-refractivity contribution in [2.24, 2.45) is 0 Å². The second kappa shape index (κ2) is 8.05. The van der Waals surface area contributed by atoms with Crippen molar-refractivity contribution in [1.82, 2.24) is 10.1 Å². The smallest absolute Gasteiger partial charge is 0.321 e. The van der Waals surface area contributed by atoms with Crippen molar-refractivity contribution in [2.75, 3.05) is 24.1 Å². The van der Waals surface area contributed by atoms with Gasteiger partial charge in [-0.15, -0.1) is 0 Å². The lowest BCUT2D eigenvalue weighted by Crippen LogP contribution is -2.40. The van der Waals surface area contributed by atoms with Crippen LogP contribution in [0.4, 0.5) is 16.4 Å². The van der Waals surface area contributed by atoms with Crippen LogP contribution in [0, 0.1) is 0 Å². The quantitative estimate of drug-likeness (QED) is 0.860. The highest BCUT2D eigenvalue weighted by Crippen LogP contribution is 2.28. The second-order valence-electron chi connectivity index (χ2n) is 6.65. The van der Waals surface area contributed by atoms with Crippen LogP contribution in [0.25, 0.3) is 0 Å². The van der Waals surface area contributed by atoms with Gasteiger partial charge in [0.15, 0.2) is 0 Å². The number of nitrogens with zero attached hydrogens (tertiary/aromatic N) is 2. The van der Waals surface area contributed by atoms with Gasteiger partial charge < -0.3 is 20.5 Å². The number of nitrogen functional groups attached to an aromatic ring is 1. The number of aromatic nitrogens is 1. The first-order valence-electron chi connectivity index (χ1n) is 9.02. The lowest BCUT2D eigenvalue weighted by atomic mass is 9.94. The van der Waals surface area contributed by atoms with Crippen LogP contribution in [-0.2, 0) is 6.42 Å². The van der Waals surface area contributed by atoms with Crippen molar-refractivity contribution < 1.29 is 9.32 Å². The number of rotatable bonds is 5. The van der Waals surface area contributed by atoms with Gasteiger partial charge in [0.2, 0.25) is 5.88 Å². The summed E-state index contributed by atoms with van der Waals surface area (Å²) in [5, 5.41) is 6.97. The van der Waals surface area contributed by atoms with Gasteiger partial charge in [-0.05, 0) is 43.4 Å². The number of urea groups is 1. The summed E-state index contributed by atoms with van der Waals surface area (Å²) >= 11 is 0. The third-order valence-corrected chi connectivity index (χ3v) is 4.77. The van der Waals surface area contributed by atoms with Crippen LogP contribution in [0.1, 0.15) is 49.8 Å². The Morgan fingerprint density at radius 2 is 2.04 bits per heavy atom. The van der Waals surface area contributed by atoms with E-state index < -0.39 is 0 Å². The molecule has 1 aromatic heterocycles. The highest BCUT2D eigenvalue weighted by molar-refractivity contribution is 5.89. The first-order chi connectivity index (χ1) is 12.2. The Balaban J connectivity index is 1.49. The molecule has 1 aliphatic rings. The average molecular weight is 342 g/mol. The SMILES string of the molecule is CCCCc1ccc(NC(=O)N2CCC(c3cc(N)on3)CC2)cc1. The predicted molar refractivity (Wildman–Crippen MR) is 98.5 cm³/mol. The number of nitrogens with one attached hydrogen (secondary N) is 1. The van der Waals surface area contributed by atoms with Crippen molar-refractivity contribution >= 4 is 17.6 Å². The second-order valence-corrected chi connectivity index (χ2v) is 6.65. The van der Waals surface area contributed by atoms with Gasteiger partial charge in [0.1, 0.15) is 0 Å². The largest absolute Gasteiger partial charge is 0.368 e. The molecule has 1 saturated heterocycles. The summed E-state index contributed by atoms with van der Waals surface area (Å²) in [6.07, 6.45) is 5.21. The molecule has 1 fully saturated rings. The molecule has 2 amide bonds. The van der Waals surface area contributed by atoms with Crippen LogP contribution in [0.3, 0.4) is 0 Å². The van der Waals surface area contributed by atoms with Gasteiger partial charge in [-0.1, -0.05) is 30.6 Å². The minimum absolute atomic E-state index is 0.0422. The van der Waals surface area contributed by atoms with Crippen LogP contribution in [0.2, 0.25) is 0 Å². The van der Waals surface area contributed by atoms with Gasteiger partial charge in [-0.25, -0.2) is 4.79 Å². The predicted octanol–water partition coefficient (Wildman–Crippen LogP) is 4.01. The molecule has 3 N–H and O–H groups in total. The molecule has 134 valence electrons. The zero-order valence-corrected chi connectivity index (χ0v) is 14.7. The highest BCUT2D eigenvalue weighted by atomic mass is 16.5. The van der Waals surface area contributed by atoms with Crippen molar-refractivity contribution in [1.29, 1.82) is 0 Å². The van der Waals surface area contributed by atoms with Crippen LogP contribution < -0.4 is 11.1 Å². The highest BCUT2D eigenvalue weighted by Gasteiger charge is 2.25. The molecule has 25 heavy (non-hydrogen) atoms. The van der Waals surface area contributed by atoms with Gasteiger partial charge in [-0.2, -0.15) is 0 Å². The summed E-state index contributed by atoms with van der Waals surface area (Å²) in [7, 11) is 0. The molecule has 0 bridgehead atoms. The Bertz CT molecular complexity index is 688. The lowest BCUT2D eigenvalue weighted by Gasteiger charge is -2.31. The van der Waals surface area contributed by atoms with E-state index in [0.717, 1.165) is 30.6 Å². The molecule has 2 aromatic rings. The summed E-state index contributed by atoms with van der Waals surface area (Å²) in [5.74, 6) is 0.653. The summed E-state index contributed by atoms with van der Waals surface area (Å²) in [6.45, 7) is 3.60. The minimum atomic E-state index is -0.0422. The lowest BCUT2D eigenvalue weighted by molar-refractivity contribution is 0.193. The Kier molecular flexibility index (Phi) is 5.58. The fraction of sp³-hybridized carbons (Fsp3) is 0.474. The van der Waals surface area contributed by atoms with Crippen molar-refractivity contribution in [3.8, 4) is 0 Å². The number of nitrogens with two attached hydrogens (primary N) is 1. The number of piperidine rings is 1. The first kappa shape index (κ1) is 17.3. The number of carbonyl (C=O) groups excluding carboxylic acids is 1. The molecule has 1 aromatic carbocycles. The molecule has 3 rings (SSSR count). The molecule has 6 heteroatoms.